The van der Waals surface area contributed by atoms with Crippen LogP contribution in [0.2, 0.25) is 0 Å². The topological polar surface area (TPSA) is 44.1 Å². The molecular weight excluding hydrogens is 324 g/mol. The van der Waals surface area contributed by atoms with Crippen LogP contribution in [-0.2, 0) is 16.1 Å². The van der Waals surface area contributed by atoms with Gasteiger partial charge in [-0.3, -0.25) is 4.79 Å². The first-order valence-electron chi connectivity index (χ1n) is 9.17. The number of carbonyl (C=O) groups is 1. The lowest BCUT2D eigenvalue weighted by atomic mass is 10.1. The van der Waals surface area contributed by atoms with Crippen molar-refractivity contribution in [3.63, 3.8) is 0 Å². The van der Waals surface area contributed by atoms with Crippen molar-refractivity contribution in [2.75, 3.05) is 0 Å². The molecule has 4 heteroatoms. The van der Waals surface area contributed by atoms with E-state index in [1.807, 2.05) is 71.5 Å². The molecular formula is C22H22N2O2. The molecule has 26 heavy (non-hydrogen) atoms. The van der Waals surface area contributed by atoms with Crippen molar-refractivity contribution >= 4 is 5.97 Å². The zero-order valence-electron chi connectivity index (χ0n) is 14.7. The molecule has 4 rings (SSSR count). The van der Waals surface area contributed by atoms with E-state index in [1.165, 1.54) is 0 Å². The van der Waals surface area contributed by atoms with Crippen molar-refractivity contribution in [3.8, 4) is 16.9 Å². The number of carbonyl (C=O) groups excluding carboxylic acids is 1. The van der Waals surface area contributed by atoms with E-state index in [9.17, 15) is 4.79 Å². The number of aromatic nitrogens is 2. The fraction of sp³-hybridized carbons (Fsp3) is 0.273. The maximum Gasteiger partial charge on any atom is 0.309 e. The summed E-state index contributed by atoms with van der Waals surface area (Å²) in [5, 5.41) is 4.75. The van der Waals surface area contributed by atoms with Crippen LogP contribution in [0.25, 0.3) is 16.9 Å². The van der Waals surface area contributed by atoms with Gasteiger partial charge >= 0.3 is 5.97 Å². The van der Waals surface area contributed by atoms with Gasteiger partial charge in [0.2, 0.25) is 0 Å². The second kappa shape index (κ2) is 7.56. The molecule has 0 aliphatic heterocycles. The Morgan fingerprint density at radius 3 is 2.35 bits per heavy atom. The van der Waals surface area contributed by atoms with E-state index in [0.717, 1.165) is 48.2 Å². The molecule has 0 N–H and O–H groups in total. The molecule has 0 saturated heterocycles. The third-order valence-electron chi connectivity index (χ3n) is 4.92. The van der Waals surface area contributed by atoms with Crippen LogP contribution in [0.15, 0.2) is 66.9 Å². The molecule has 0 atom stereocenters. The SMILES string of the molecule is O=C(OCc1cn(-c2ccccc2)nc1-c1ccccc1)C1CCCC1. The fourth-order valence-corrected chi connectivity index (χ4v) is 3.50. The Morgan fingerprint density at radius 1 is 1.00 bits per heavy atom. The molecule has 1 heterocycles. The van der Waals surface area contributed by atoms with Crippen LogP contribution in [0.5, 0.6) is 0 Å². The second-order valence-corrected chi connectivity index (χ2v) is 6.74. The Morgan fingerprint density at radius 2 is 1.65 bits per heavy atom. The van der Waals surface area contributed by atoms with Gasteiger partial charge in [-0.05, 0) is 25.0 Å². The molecule has 0 bridgehead atoms. The molecule has 3 aromatic rings. The smallest absolute Gasteiger partial charge is 0.309 e. The van der Waals surface area contributed by atoms with E-state index in [1.54, 1.807) is 0 Å². The summed E-state index contributed by atoms with van der Waals surface area (Å²) in [6.45, 7) is 0.256. The average molecular weight is 346 g/mol. The fourth-order valence-electron chi connectivity index (χ4n) is 3.50. The van der Waals surface area contributed by atoms with Gasteiger partial charge in [0.05, 0.1) is 17.3 Å². The molecule has 4 nitrogen and oxygen atoms in total. The van der Waals surface area contributed by atoms with E-state index in [4.69, 9.17) is 9.84 Å². The van der Waals surface area contributed by atoms with E-state index in [2.05, 4.69) is 0 Å². The van der Waals surface area contributed by atoms with Crippen molar-refractivity contribution in [3.05, 3.63) is 72.4 Å². The average Bonchev–Trinajstić information content (AvgIpc) is 3.38. The minimum Gasteiger partial charge on any atom is -0.460 e. The molecule has 2 aromatic carbocycles. The molecule has 1 saturated carbocycles. The molecule has 1 fully saturated rings. The predicted octanol–water partition coefficient (Wildman–Crippen LogP) is 4.77. The molecule has 1 aliphatic carbocycles. The van der Waals surface area contributed by atoms with E-state index < -0.39 is 0 Å². The Balaban J connectivity index is 1.61. The quantitative estimate of drug-likeness (QED) is 0.625. The van der Waals surface area contributed by atoms with Crippen LogP contribution in [0, 0.1) is 5.92 Å². The monoisotopic (exact) mass is 346 g/mol. The van der Waals surface area contributed by atoms with Gasteiger partial charge in [0.15, 0.2) is 0 Å². The summed E-state index contributed by atoms with van der Waals surface area (Å²) in [7, 11) is 0. The van der Waals surface area contributed by atoms with Crippen LogP contribution in [0.1, 0.15) is 31.2 Å². The number of ether oxygens (including phenoxy) is 1. The highest BCUT2D eigenvalue weighted by molar-refractivity contribution is 5.73. The summed E-state index contributed by atoms with van der Waals surface area (Å²) in [5.74, 6) is -0.00619. The molecule has 1 aliphatic rings. The Hall–Kier alpha value is -2.88. The lowest BCUT2D eigenvalue weighted by molar-refractivity contribution is -0.149. The first kappa shape index (κ1) is 16.6. The highest BCUT2D eigenvalue weighted by Gasteiger charge is 2.24. The van der Waals surface area contributed by atoms with Gasteiger partial charge in [-0.15, -0.1) is 0 Å². The van der Waals surface area contributed by atoms with Gasteiger partial charge in [-0.1, -0.05) is 61.4 Å². The number of para-hydroxylation sites is 1. The van der Waals surface area contributed by atoms with Crippen molar-refractivity contribution in [1.82, 2.24) is 9.78 Å². The van der Waals surface area contributed by atoms with Crippen LogP contribution >= 0.6 is 0 Å². The third-order valence-corrected chi connectivity index (χ3v) is 4.92. The van der Waals surface area contributed by atoms with E-state index >= 15 is 0 Å². The zero-order chi connectivity index (χ0) is 17.8. The highest BCUT2D eigenvalue weighted by atomic mass is 16.5. The summed E-state index contributed by atoms with van der Waals surface area (Å²) >= 11 is 0. The lowest BCUT2D eigenvalue weighted by Gasteiger charge is -2.09. The van der Waals surface area contributed by atoms with Gasteiger partial charge in [0.25, 0.3) is 0 Å². The van der Waals surface area contributed by atoms with Crippen LogP contribution in [0.4, 0.5) is 0 Å². The molecule has 0 radical (unpaired) electrons. The number of hydrogen-bond acceptors (Lipinski definition) is 3. The number of nitrogens with zero attached hydrogens (tertiary/aromatic N) is 2. The Labute approximate surface area is 153 Å². The minimum absolute atomic E-state index is 0.0688. The predicted molar refractivity (Wildman–Crippen MR) is 101 cm³/mol. The maximum atomic E-state index is 12.3. The summed E-state index contributed by atoms with van der Waals surface area (Å²) in [6, 6.07) is 20.0. The van der Waals surface area contributed by atoms with E-state index in [-0.39, 0.29) is 18.5 Å². The van der Waals surface area contributed by atoms with Gasteiger partial charge in [-0.2, -0.15) is 5.10 Å². The number of hydrogen-bond donors (Lipinski definition) is 0. The first-order valence-corrected chi connectivity index (χ1v) is 9.17. The van der Waals surface area contributed by atoms with Crippen molar-refractivity contribution in [1.29, 1.82) is 0 Å². The first-order chi connectivity index (χ1) is 12.8. The third kappa shape index (κ3) is 3.54. The van der Waals surface area contributed by atoms with Gasteiger partial charge in [0.1, 0.15) is 6.61 Å². The number of benzene rings is 2. The molecule has 132 valence electrons. The van der Waals surface area contributed by atoms with Gasteiger partial charge < -0.3 is 4.74 Å². The van der Waals surface area contributed by atoms with Crippen molar-refractivity contribution in [2.45, 2.75) is 32.3 Å². The van der Waals surface area contributed by atoms with Crippen molar-refractivity contribution < 1.29 is 9.53 Å². The maximum absolute atomic E-state index is 12.3. The molecule has 1 aromatic heterocycles. The largest absolute Gasteiger partial charge is 0.460 e. The molecule has 0 unspecified atom stereocenters. The van der Waals surface area contributed by atoms with Crippen molar-refractivity contribution in [2.24, 2.45) is 5.92 Å². The highest BCUT2D eigenvalue weighted by Crippen LogP contribution is 2.28. The molecule has 0 amide bonds. The summed E-state index contributed by atoms with van der Waals surface area (Å²) in [5.41, 5.74) is 3.78. The number of rotatable bonds is 5. The normalized spacial score (nSPS) is 14.5. The zero-order valence-corrected chi connectivity index (χ0v) is 14.7. The van der Waals surface area contributed by atoms with Crippen LogP contribution < -0.4 is 0 Å². The lowest BCUT2D eigenvalue weighted by Crippen LogP contribution is -2.14. The Bertz CT molecular complexity index is 866. The van der Waals surface area contributed by atoms with Gasteiger partial charge in [0, 0.05) is 17.3 Å². The molecule has 0 spiro atoms. The number of esters is 1. The van der Waals surface area contributed by atoms with Crippen LogP contribution in [-0.4, -0.2) is 15.7 Å². The summed E-state index contributed by atoms with van der Waals surface area (Å²) in [6.07, 6.45) is 6.11. The second-order valence-electron chi connectivity index (χ2n) is 6.74. The van der Waals surface area contributed by atoms with Crippen LogP contribution in [0.3, 0.4) is 0 Å². The summed E-state index contributed by atoms with van der Waals surface area (Å²) in [4.78, 5) is 12.3. The minimum atomic E-state index is -0.0750. The van der Waals surface area contributed by atoms with E-state index in [0.29, 0.717) is 0 Å². The Kier molecular flexibility index (Phi) is 4.82. The standard InChI is InChI=1S/C22H22N2O2/c25-22(18-11-7-8-12-18)26-16-19-15-24(20-13-5-2-6-14-20)23-21(19)17-9-3-1-4-10-17/h1-6,9-10,13-15,18H,7-8,11-12,16H2. The summed E-state index contributed by atoms with van der Waals surface area (Å²) < 4.78 is 7.48. The van der Waals surface area contributed by atoms with Gasteiger partial charge in [-0.25, -0.2) is 4.68 Å².